The van der Waals surface area contributed by atoms with Crippen LogP contribution in [0.15, 0.2) is 46.6 Å². The number of carbonyl (C=O) groups excluding carboxylic acids is 2. The van der Waals surface area contributed by atoms with Crippen molar-refractivity contribution in [3.8, 4) is 0 Å². The van der Waals surface area contributed by atoms with E-state index >= 15 is 0 Å². The Morgan fingerprint density at radius 2 is 1.43 bits per heavy atom. The first-order valence-electron chi connectivity index (χ1n) is 11.1. The lowest BCUT2D eigenvalue weighted by Crippen LogP contribution is -2.11. The van der Waals surface area contributed by atoms with Crippen LogP contribution in [0, 0.1) is 35.5 Å². The molecule has 0 aromatic heterocycles. The summed E-state index contributed by atoms with van der Waals surface area (Å²) in [5.41, 5.74) is 5.09. The van der Waals surface area contributed by atoms with Gasteiger partial charge in [-0.1, -0.05) is 35.5 Å². The quantitative estimate of drug-likeness (QED) is 0.328. The minimum Gasteiger partial charge on any atom is -0.298 e. The molecule has 6 atom stereocenters. The Labute approximate surface area is 170 Å². The Bertz CT molecular complexity index is 721. The van der Waals surface area contributed by atoms with Crippen molar-refractivity contribution >= 4 is 12.6 Å². The van der Waals surface area contributed by atoms with Crippen molar-refractivity contribution in [1.82, 2.24) is 0 Å². The third-order valence-corrected chi connectivity index (χ3v) is 7.55. The van der Waals surface area contributed by atoms with Crippen molar-refractivity contribution in [2.45, 2.75) is 66.2 Å². The summed E-state index contributed by atoms with van der Waals surface area (Å²) in [5.74, 6) is 4.61. The average molecular weight is 381 g/mol. The number of allylic oxidation sites excluding steroid dienone is 8. The summed E-state index contributed by atoms with van der Waals surface area (Å²) in [6.07, 6.45) is 18.7. The van der Waals surface area contributed by atoms with Gasteiger partial charge in [-0.15, -0.1) is 0 Å². The van der Waals surface area contributed by atoms with E-state index in [1.165, 1.54) is 38.5 Å². The van der Waals surface area contributed by atoms with E-state index in [4.69, 9.17) is 0 Å². The maximum Gasteiger partial charge on any atom is 0.145 e. The van der Waals surface area contributed by atoms with Gasteiger partial charge in [-0.3, -0.25) is 9.59 Å². The monoisotopic (exact) mass is 380 g/mol. The third-order valence-electron chi connectivity index (χ3n) is 7.55. The van der Waals surface area contributed by atoms with Gasteiger partial charge in [0, 0.05) is 0 Å². The van der Waals surface area contributed by atoms with Crippen LogP contribution in [-0.4, -0.2) is 12.6 Å². The second kappa shape index (κ2) is 9.20. The molecule has 0 saturated heterocycles. The van der Waals surface area contributed by atoms with Gasteiger partial charge in [0.2, 0.25) is 0 Å². The molecule has 0 heterocycles. The summed E-state index contributed by atoms with van der Waals surface area (Å²) in [5, 5.41) is 0. The largest absolute Gasteiger partial charge is 0.298 e. The molecule has 4 aliphatic rings. The summed E-state index contributed by atoms with van der Waals surface area (Å²) in [7, 11) is 0. The zero-order chi connectivity index (χ0) is 20.3. The van der Waals surface area contributed by atoms with Crippen molar-refractivity contribution in [2.24, 2.45) is 35.5 Å². The Hall–Kier alpha value is -1.70. The highest BCUT2D eigenvalue weighted by molar-refractivity contribution is 5.72. The van der Waals surface area contributed by atoms with Gasteiger partial charge in [-0.25, -0.2) is 0 Å². The number of aldehydes is 2. The molecule has 2 nitrogen and oxygen atoms in total. The van der Waals surface area contributed by atoms with Crippen LogP contribution in [0.4, 0.5) is 0 Å². The second-order valence-corrected chi connectivity index (χ2v) is 9.39. The maximum atomic E-state index is 10.6. The minimum atomic E-state index is 0.644. The van der Waals surface area contributed by atoms with E-state index < -0.39 is 0 Å². The first-order valence-corrected chi connectivity index (χ1v) is 11.1. The molecule has 2 heteroatoms. The number of rotatable bonds is 4. The van der Waals surface area contributed by atoms with Gasteiger partial charge < -0.3 is 0 Å². The zero-order valence-corrected chi connectivity index (χ0v) is 18.0. The molecule has 4 rings (SSSR count). The molecule has 28 heavy (non-hydrogen) atoms. The molecule has 6 unspecified atom stereocenters. The number of fused-ring (bicyclic) bond motifs is 4. The van der Waals surface area contributed by atoms with Gasteiger partial charge in [0.15, 0.2) is 0 Å². The Balaban J connectivity index is 0.000000161. The SMILES string of the molecule is CC=C1CC2CC(C=C(C)C=O)C1C2.CC=C1CC2CC1CC2C=C(C)C=O. The number of carbonyl (C=O) groups is 2. The Morgan fingerprint density at radius 1 is 0.786 bits per heavy atom. The molecule has 4 bridgehead atoms. The topological polar surface area (TPSA) is 34.1 Å². The van der Waals surface area contributed by atoms with Crippen LogP contribution < -0.4 is 0 Å². The normalized spacial score (nSPS) is 39.4. The highest BCUT2D eigenvalue weighted by Crippen LogP contribution is 2.53. The number of hydrogen-bond donors (Lipinski definition) is 0. The van der Waals surface area contributed by atoms with Gasteiger partial charge >= 0.3 is 0 Å². The standard InChI is InChI=1S/2C13H18O/c1-3-11-5-10-6-12(13(11)7-10)4-9(2)8-14;1-3-10-5-13-7-12(10)6-11(13)4-9(2)8-14/h3-4,8,10,12-13H,5-7H2,1-2H3;3-4,8,11-13H,5-7H2,1-2H3. The van der Waals surface area contributed by atoms with E-state index in [9.17, 15) is 9.59 Å². The maximum absolute atomic E-state index is 10.6. The van der Waals surface area contributed by atoms with Crippen LogP contribution in [0.3, 0.4) is 0 Å². The molecule has 0 aliphatic heterocycles. The Kier molecular flexibility index (Phi) is 6.91. The molecule has 0 spiro atoms. The van der Waals surface area contributed by atoms with Crippen molar-refractivity contribution < 1.29 is 9.59 Å². The fourth-order valence-electron chi connectivity index (χ4n) is 6.25. The van der Waals surface area contributed by atoms with Crippen LogP contribution in [0.2, 0.25) is 0 Å². The molecule has 0 aromatic rings. The van der Waals surface area contributed by atoms with Crippen molar-refractivity contribution in [1.29, 1.82) is 0 Å². The van der Waals surface area contributed by atoms with Gasteiger partial charge in [0.05, 0.1) is 0 Å². The average Bonchev–Trinajstić information content (AvgIpc) is 3.47. The highest BCUT2D eigenvalue weighted by Gasteiger charge is 2.42. The molecule has 4 saturated carbocycles. The highest BCUT2D eigenvalue weighted by atomic mass is 16.1. The summed E-state index contributed by atoms with van der Waals surface area (Å²) in [6.45, 7) is 8.12. The van der Waals surface area contributed by atoms with Crippen LogP contribution in [0.1, 0.15) is 66.2 Å². The lowest BCUT2D eigenvalue weighted by molar-refractivity contribution is -0.105. The summed E-state index contributed by atoms with van der Waals surface area (Å²) in [6, 6.07) is 0. The summed E-state index contributed by atoms with van der Waals surface area (Å²) >= 11 is 0. The van der Waals surface area contributed by atoms with Crippen molar-refractivity contribution in [3.05, 3.63) is 46.6 Å². The van der Waals surface area contributed by atoms with E-state index in [0.717, 1.165) is 47.4 Å². The first-order chi connectivity index (χ1) is 13.5. The van der Waals surface area contributed by atoms with Crippen molar-refractivity contribution in [2.75, 3.05) is 0 Å². The first kappa shape index (κ1) is 21.0. The van der Waals surface area contributed by atoms with Gasteiger partial charge in [0.1, 0.15) is 12.6 Å². The third kappa shape index (κ3) is 4.47. The molecular weight excluding hydrogens is 344 g/mol. The van der Waals surface area contributed by atoms with E-state index in [-0.39, 0.29) is 0 Å². The molecule has 0 aromatic carbocycles. The minimum absolute atomic E-state index is 0.644. The van der Waals surface area contributed by atoms with Crippen LogP contribution >= 0.6 is 0 Å². The molecule has 4 aliphatic carbocycles. The summed E-state index contributed by atoms with van der Waals surface area (Å²) in [4.78, 5) is 21.1. The lowest BCUT2D eigenvalue weighted by Gasteiger charge is -2.21. The van der Waals surface area contributed by atoms with Gasteiger partial charge in [-0.2, -0.15) is 0 Å². The fourth-order valence-corrected chi connectivity index (χ4v) is 6.25. The van der Waals surface area contributed by atoms with Gasteiger partial charge in [0.25, 0.3) is 0 Å². The lowest BCUT2D eigenvalue weighted by atomic mass is 9.84. The van der Waals surface area contributed by atoms with E-state index in [1.807, 2.05) is 13.8 Å². The molecule has 0 amide bonds. The van der Waals surface area contributed by atoms with E-state index in [1.54, 1.807) is 11.1 Å². The smallest absolute Gasteiger partial charge is 0.145 e. The van der Waals surface area contributed by atoms with Gasteiger partial charge in [-0.05, 0) is 113 Å². The predicted octanol–water partition coefficient (Wildman–Crippen LogP) is 6.25. The van der Waals surface area contributed by atoms with E-state index in [0.29, 0.717) is 11.8 Å². The molecule has 4 fully saturated rings. The van der Waals surface area contributed by atoms with Crippen LogP contribution in [0.25, 0.3) is 0 Å². The zero-order valence-electron chi connectivity index (χ0n) is 18.0. The number of hydrogen-bond acceptors (Lipinski definition) is 2. The van der Waals surface area contributed by atoms with Crippen molar-refractivity contribution in [3.63, 3.8) is 0 Å². The molecule has 152 valence electrons. The second-order valence-electron chi connectivity index (χ2n) is 9.39. The summed E-state index contributed by atoms with van der Waals surface area (Å²) < 4.78 is 0. The van der Waals surface area contributed by atoms with Crippen LogP contribution in [-0.2, 0) is 9.59 Å². The molecule has 0 radical (unpaired) electrons. The predicted molar refractivity (Wildman–Crippen MR) is 116 cm³/mol. The van der Waals surface area contributed by atoms with E-state index in [2.05, 4.69) is 38.2 Å². The molecular formula is C26H36O2. The fraction of sp³-hybridized carbons (Fsp3) is 0.615. The molecule has 0 N–H and O–H groups in total. The van der Waals surface area contributed by atoms with Crippen LogP contribution in [0.5, 0.6) is 0 Å². The Morgan fingerprint density at radius 3 is 1.93 bits per heavy atom.